The molecule has 5 atom stereocenters. The molecule has 1 saturated heterocycles. The number of hydrogen-bond acceptors (Lipinski definition) is 11. The molecule has 0 bridgehead atoms. The number of rotatable bonds is 42. The van der Waals surface area contributed by atoms with Gasteiger partial charge in [0.05, 0.1) is 32.0 Å². The number of ether oxygens (including phenoxy) is 3. The topological polar surface area (TPSA) is 208 Å². The predicted octanol–water partition coefficient (Wildman–Crippen LogP) is 10.3. The normalized spacial score (nSPS) is 17.6. The van der Waals surface area contributed by atoms with Crippen LogP contribution in [0.1, 0.15) is 194 Å². The standard InChI is InChI=1S/C42H80O14P2/c1-3-5-7-8-9-10-11-12-13-14-15-16-20-23-27-31-41(44)51-35-38(36-54-58(49,50)53-34-37(43)33-52-57(46,47)48)55-42(45)32-28-24-21-18-17-19-22-26-30-40-39(56-40)29-25-6-4-2/h22,26,37-40,43H,3-21,23-25,27-36H2,1-2H3,(H,49,50)(H2,46,47,48)/b26-22-/t37-,38+,39?,40?/m0/s1. The maximum Gasteiger partial charge on any atom is 0.472 e. The molecule has 1 heterocycles. The molecule has 0 spiro atoms. The van der Waals surface area contributed by atoms with Crippen LogP contribution in [0.5, 0.6) is 0 Å². The van der Waals surface area contributed by atoms with Gasteiger partial charge in [0, 0.05) is 12.8 Å². The highest BCUT2D eigenvalue weighted by atomic mass is 31.2. The number of unbranched alkanes of at least 4 members (excludes halogenated alkanes) is 21. The first-order valence-electron chi connectivity index (χ1n) is 22.5. The van der Waals surface area contributed by atoms with Crippen LogP contribution in [0.4, 0.5) is 0 Å². The van der Waals surface area contributed by atoms with Crippen molar-refractivity contribution in [2.24, 2.45) is 0 Å². The number of esters is 2. The Labute approximate surface area is 349 Å². The number of hydrogen-bond donors (Lipinski definition) is 4. The van der Waals surface area contributed by atoms with E-state index in [-0.39, 0.29) is 19.4 Å². The van der Waals surface area contributed by atoms with Crippen molar-refractivity contribution in [1.82, 2.24) is 0 Å². The number of epoxide rings is 1. The molecule has 1 rings (SSSR count). The fourth-order valence-corrected chi connectivity index (χ4v) is 7.69. The molecule has 58 heavy (non-hydrogen) atoms. The van der Waals surface area contributed by atoms with Crippen molar-refractivity contribution >= 4 is 27.6 Å². The van der Waals surface area contributed by atoms with Crippen LogP contribution in [-0.2, 0) is 46.5 Å². The van der Waals surface area contributed by atoms with E-state index in [4.69, 9.17) is 28.5 Å². The fourth-order valence-electron chi connectivity index (χ4n) is 6.53. The number of aliphatic hydroxyl groups is 1. The molecule has 14 nitrogen and oxygen atoms in total. The number of carbonyl (C=O) groups excluding carboxylic acids is 2. The van der Waals surface area contributed by atoms with Crippen molar-refractivity contribution < 1.29 is 66.3 Å². The summed E-state index contributed by atoms with van der Waals surface area (Å²) < 4.78 is 53.5. The number of aliphatic hydroxyl groups excluding tert-OH is 1. The van der Waals surface area contributed by atoms with E-state index in [1.165, 1.54) is 89.9 Å². The Bertz CT molecular complexity index is 1150. The van der Waals surface area contributed by atoms with Gasteiger partial charge in [-0.3, -0.25) is 23.2 Å². The Kier molecular flexibility index (Phi) is 33.5. The van der Waals surface area contributed by atoms with Crippen LogP contribution in [0.15, 0.2) is 12.2 Å². The predicted molar refractivity (Wildman–Crippen MR) is 225 cm³/mol. The minimum atomic E-state index is -4.86. The molecular formula is C42H80O14P2. The molecule has 0 saturated carbocycles. The number of phosphoric acid groups is 2. The molecule has 0 aliphatic carbocycles. The van der Waals surface area contributed by atoms with Crippen molar-refractivity contribution in [3.63, 3.8) is 0 Å². The Morgan fingerprint density at radius 3 is 1.64 bits per heavy atom. The van der Waals surface area contributed by atoms with E-state index in [2.05, 4.69) is 35.0 Å². The van der Waals surface area contributed by atoms with Gasteiger partial charge in [-0.25, -0.2) is 9.13 Å². The second-order valence-corrected chi connectivity index (χ2v) is 18.4. The van der Waals surface area contributed by atoms with Crippen molar-refractivity contribution in [3.8, 4) is 0 Å². The lowest BCUT2D eigenvalue weighted by molar-refractivity contribution is -0.161. The van der Waals surface area contributed by atoms with Crippen LogP contribution in [0, 0.1) is 0 Å². The molecule has 0 aromatic rings. The van der Waals surface area contributed by atoms with Crippen molar-refractivity contribution in [2.75, 3.05) is 26.4 Å². The zero-order valence-corrected chi connectivity index (χ0v) is 37.6. The Balaban J connectivity index is 2.34. The van der Waals surface area contributed by atoms with Gasteiger partial charge in [0.1, 0.15) is 12.7 Å². The third-order valence-corrected chi connectivity index (χ3v) is 11.5. The second-order valence-electron chi connectivity index (χ2n) is 15.7. The molecule has 1 aliphatic rings. The van der Waals surface area contributed by atoms with Gasteiger partial charge >= 0.3 is 27.6 Å². The lowest BCUT2D eigenvalue weighted by Gasteiger charge is -2.20. The summed E-state index contributed by atoms with van der Waals surface area (Å²) in [6.07, 6.45) is 32.3. The lowest BCUT2D eigenvalue weighted by Crippen LogP contribution is -2.30. The maximum absolute atomic E-state index is 12.7. The average molecular weight is 871 g/mol. The minimum absolute atomic E-state index is 0.114. The number of carbonyl (C=O) groups is 2. The van der Waals surface area contributed by atoms with Gasteiger partial charge in [-0.2, -0.15) is 0 Å². The highest BCUT2D eigenvalue weighted by molar-refractivity contribution is 7.47. The van der Waals surface area contributed by atoms with Gasteiger partial charge < -0.3 is 34.0 Å². The van der Waals surface area contributed by atoms with Crippen molar-refractivity contribution in [2.45, 2.75) is 218 Å². The summed E-state index contributed by atoms with van der Waals surface area (Å²) in [5.41, 5.74) is 0. The Morgan fingerprint density at radius 2 is 1.07 bits per heavy atom. The summed E-state index contributed by atoms with van der Waals surface area (Å²) in [6.45, 7) is 1.73. The van der Waals surface area contributed by atoms with E-state index in [0.717, 1.165) is 64.2 Å². The Morgan fingerprint density at radius 1 is 0.586 bits per heavy atom. The van der Waals surface area contributed by atoms with Crippen LogP contribution in [0.3, 0.4) is 0 Å². The summed E-state index contributed by atoms with van der Waals surface area (Å²) in [5.74, 6) is -1.04. The van der Waals surface area contributed by atoms with E-state index < -0.39 is 59.6 Å². The van der Waals surface area contributed by atoms with Gasteiger partial charge in [0.15, 0.2) is 6.10 Å². The monoisotopic (exact) mass is 871 g/mol. The molecule has 3 unspecified atom stereocenters. The van der Waals surface area contributed by atoms with Crippen LogP contribution in [0.25, 0.3) is 0 Å². The lowest BCUT2D eigenvalue weighted by atomic mass is 10.0. The summed E-state index contributed by atoms with van der Waals surface area (Å²) in [4.78, 5) is 52.7. The first kappa shape index (κ1) is 54.8. The summed E-state index contributed by atoms with van der Waals surface area (Å²) in [7, 11) is -9.67. The van der Waals surface area contributed by atoms with Gasteiger partial charge in [-0.15, -0.1) is 0 Å². The van der Waals surface area contributed by atoms with E-state index in [9.17, 15) is 28.7 Å². The molecule has 0 aromatic carbocycles. The van der Waals surface area contributed by atoms with Crippen LogP contribution in [0.2, 0.25) is 0 Å². The number of allylic oxidation sites excluding steroid dienone is 1. The van der Waals surface area contributed by atoms with Crippen molar-refractivity contribution in [3.05, 3.63) is 12.2 Å². The molecule has 1 fully saturated rings. The quantitative estimate of drug-likeness (QED) is 0.0148. The largest absolute Gasteiger partial charge is 0.472 e. The molecule has 0 radical (unpaired) electrons. The van der Waals surface area contributed by atoms with Gasteiger partial charge in [-0.1, -0.05) is 154 Å². The fraction of sp³-hybridized carbons (Fsp3) is 0.905. The third kappa shape index (κ3) is 35.6. The highest BCUT2D eigenvalue weighted by Crippen LogP contribution is 2.44. The smallest absolute Gasteiger partial charge is 0.462 e. The summed E-state index contributed by atoms with van der Waals surface area (Å²) in [5, 5.41) is 9.75. The molecule has 0 aromatic heterocycles. The molecular weight excluding hydrogens is 790 g/mol. The van der Waals surface area contributed by atoms with E-state index >= 15 is 0 Å². The third-order valence-electron chi connectivity index (χ3n) is 10.1. The summed E-state index contributed by atoms with van der Waals surface area (Å²) >= 11 is 0. The zero-order chi connectivity index (χ0) is 42.7. The first-order chi connectivity index (χ1) is 27.8. The number of phosphoric ester groups is 2. The first-order valence-corrected chi connectivity index (χ1v) is 25.5. The maximum atomic E-state index is 12.7. The van der Waals surface area contributed by atoms with Crippen molar-refractivity contribution in [1.29, 1.82) is 0 Å². The zero-order valence-electron chi connectivity index (χ0n) is 35.9. The van der Waals surface area contributed by atoms with E-state index in [1.54, 1.807) is 0 Å². The average Bonchev–Trinajstić information content (AvgIpc) is 3.94. The minimum Gasteiger partial charge on any atom is -0.462 e. The molecule has 4 N–H and O–H groups in total. The highest BCUT2D eigenvalue weighted by Gasteiger charge is 2.36. The second kappa shape index (κ2) is 35.4. The SMILES string of the molecule is CCCCCCCCCCCCCCCCCC(=O)OC[C@H](COP(=O)(O)OC[C@@H](O)COP(=O)(O)O)OC(=O)CCCCCCC/C=C\CC1OC1CCCCC. The Hall–Kier alpha value is -1.18. The van der Waals surface area contributed by atoms with Crippen LogP contribution in [-0.4, -0.2) is 82.6 Å². The van der Waals surface area contributed by atoms with Gasteiger partial charge in [0.2, 0.25) is 0 Å². The molecule has 16 heteroatoms. The van der Waals surface area contributed by atoms with Crippen LogP contribution >= 0.6 is 15.6 Å². The van der Waals surface area contributed by atoms with E-state index in [1.807, 2.05) is 0 Å². The van der Waals surface area contributed by atoms with Gasteiger partial charge in [0.25, 0.3) is 0 Å². The van der Waals surface area contributed by atoms with Gasteiger partial charge in [-0.05, 0) is 38.5 Å². The molecule has 342 valence electrons. The molecule has 1 aliphatic heterocycles. The van der Waals surface area contributed by atoms with E-state index in [0.29, 0.717) is 25.0 Å². The molecule has 0 amide bonds. The van der Waals surface area contributed by atoms with Crippen LogP contribution < -0.4 is 0 Å². The summed E-state index contributed by atoms with van der Waals surface area (Å²) in [6, 6.07) is 0.